The first-order chi connectivity index (χ1) is 16.5. The minimum absolute atomic E-state index is 0.197. The van der Waals surface area contributed by atoms with Gasteiger partial charge in [-0.1, -0.05) is 6.42 Å². The Kier molecular flexibility index (Phi) is 6.87. The fourth-order valence-corrected chi connectivity index (χ4v) is 6.20. The average molecular weight is 468 g/mol. The van der Waals surface area contributed by atoms with Gasteiger partial charge in [0.1, 0.15) is 11.6 Å². The van der Waals surface area contributed by atoms with Crippen molar-refractivity contribution >= 4 is 17.3 Å². The van der Waals surface area contributed by atoms with E-state index in [-0.39, 0.29) is 23.6 Å². The number of anilines is 2. The summed E-state index contributed by atoms with van der Waals surface area (Å²) in [7, 11) is 0. The van der Waals surface area contributed by atoms with Crippen molar-refractivity contribution in [1.82, 2.24) is 9.80 Å². The third-order valence-electron chi connectivity index (χ3n) is 7.98. The van der Waals surface area contributed by atoms with Crippen LogP contribution in [0.15, 0.2) is 42.5 Å². The van der Waals surface area contributed by atoms with E-state index in [2.05, 4.69) is 21.6 Å². The molecular weight excluding hydrogens is 432 g/mol. The Morgan fingerprint density at radius 3 is 2.59 bits per heavy atom. The first kappa shape index (κ1) is 23.3. The zero-order chi connectivity index (χ0) is 23.7. The van der Waals surface area contributed by atoms with Crippen LogP contribution in [0.4, 0.5) is 20.2 Å². The minimum Gasteiger partial charge on any atom is -0.340 e. The maximum absolute atomic E-state index is 14.2. The van der Waals surface area contributed by atoms with Gasteiger partial charge in [-0.3, -0.25) is 4.79 Å². The summed E-state index contributed by atoms with van der Waals surface area (Å²) in [4.78, 5) is 19.0. The molecule has 182 valence electrons. The van der Waals surface area contributed by atoms with E-state index in [1.165, 1.54) is 18.2 Å². The number of unbranched alkanes of at least 4 members (excludes halogenated alkanes) is 1. The summed E-state index contributed by atoms with van der Waals surface area (Å²) < 4.78 is 27.7. The van der Waals surface area contributed by atoms with Crippen molar-refractivity contribution in [2.24, 2.45) is 0 Å². The zero-order valence-corrected chi connectivity index (χ0v) is 20.1. The highest BCUT2D eigenvalue weighted by molar-refractivity contribution is 5.77. The van der Waals surface area contributed by atoms with E-state index in [1.54, 1.807) is 6.07 Å². The van der Waals surface area contributed by atoms with E-state index < -0.39 is 0 Å². The normalized spacial score (nSPS) is 23.7. The van der Waals surface area contributed by atoms with Crippen LogP contribution in [0.2, 0.25) is 0 Å². The molecule has 0 bridgehead atoms. The van der Waals surface area contributed by atoms with E-state index in [0.717, 1.165) is 81.6 Å². The number of rotatable bonds is 7. The van der Waals surface area contributed by atoms with Crippen molar-refractivity contribution in [3.05, 3.63) is 59.7 Å². The number of nitrogens with zero attached hydrogens (tertiary/aromatic N) is 3. The van der Waals surface area contributed by atoms with Crippen molar-refractivity contribution in [2.45, 2.75) is 69.9 Å². The van der Waals surface area contributed by atoms with Gasteiger partial charge in [0, 0.05) is 55.4 Å². The molecule has 5 rings (SSSR count). The molecule has 0 N–H and O–H groups in total. The van der Waals surface area contributed by atoms with Gasteiger partial charge in [0.05, 0.1) is 0 Å². The van der Waals surface area contributed by atoms with Crippen molar-refractivity contribution in [2.75, 3.05) is 31.1 Å². The zero-order valence-electron chi connectivity index (χ0n) is 20.1. The van der Waals surface area contributed by atoms with Crippen LogP contribution in [0, 0.1) is 11.6 Å². The second-order valence-corrected chi connectivity index (χ2v) is 10.2. The molecule has 0 saturated carbocycles. The smallest absolute Gasteiger partial charge is 0.222 e. The summed E-state index contributed by atoms with van der Waals surface area (Å²) in [6.07, 6.45) is 7.14. The van der Waals surface area contributed by atoms with Crippen molar-refractivity contribution in [3.8, 4) is 0 Å². The molecule has 2 fully saturated rings. The van der Waals surface area contributed by atoms with Crippen LogP contribution >= 0.6 is 0 Å². The van der Waals surface area contributed by atoms with Crippen LogP contribution in [0.25, 0.3) is 0 Å². The molecule has 0 aromatic heterocycles. The monoisotopic (exact) mass is 467 g/mol. The quantitative estimate of drug-likeness (QED) is 0.478. The van der Waals surface area contributed by atoms with Gasteiger partial charge in [-0.05, 0) is 93.6 Å². The molecule has 3 aliphatic rings. The highest BCUT2D eigenvalue weighted by Crippen LogP contribution is 2.48. The van der Waals surface area contributed by atoms with Gasteiger partial charge in [0.2, 0.25) is 5.91 Å². The molecule has 3 aliphatic heterocycles. The van der Waals surface area contributed by atoms with Crippen molar-refractivity contribution < 1.29 is 13.6 Å². The molecule has 2 saturated heterocycles. The largest absolute Gasteiger partial charge is 0.340 e. The number of hydrogen-bond acceptors (Lipinski definition) is 3. The Morgan fingerprint density at radius 1 is 1.00 bits per heavy atom. The lowest BCUT2D eigenvalue weighted by Crippen LogP contribution is -2.45. The number of halogens is 2. The third kappa shape index (κ3) is 4.70. The maximum atomic E-state index is 14.2. The SMILES string of the molecule is CC(CCCCN1CC[C@@H]2[C@@H](C1)c1cc(F)ccc1N2c1ccc(F)cc1)N1CCCCC1=O. The van der Waals surface area contributed by atoms with Crippen LogP contribution in [0.1, 0.15) is 63.4 Å². The van der Waals surface area contributed by atoms with E-state index in [1.807, 2.05) is 18.2 Å². The number of hydrogen-bond donors (Lipinski definition) is 0. The topological polar surface area (TPSA) is 26.8 Å². The number of amides is 1. The molecule has 1 amide bonds. The summed E-state index contributed by atoms with van der Waals surface area (Å²) in [5.41, 5.74) is 3.08. The first-order valence-electron chi connectivity index (χ1n) is 12.9. The van der Waals surface area contributed by atoms with Gasteiger partial charge in [-0.2, -0.15) is 0 Å². The lowest BCUT2D eigenvalue weighted by molar-refractivity contribution is -0.135. The molecule has 0 spiro atoms. The van der Waals surface area contributed by atoms with Gasteiger partial charge in [-0.15, -0.1) is 0 Å². The van der Waals surface area contributed by atoms with E-state index >= 15 is 0 Å². The molecule has 6 heteroatoms. The summed E-state index contributed by atoms with van der Waals surface area (Å²) in [5.74, 6) is 0.123. The fraction of sp³-hybridized carbons (Fsp3) is 0.536. The van der Waals surface area contributed by atoms with Gasteiger partial charge < -0.3 is 14.7 Å². The molecule has 34 heavy (non-hydrogen) atoms. The summed E-state index contributed by atoms with van der Waals surface area (Å²) in [5, 5.41) is 0. The van der Waals surface area contributed by atoms with Crippen LogP contribution in [0.3, 0.4) is 0 Å². The number of fused-ring (bicyclic) bond motifs is 3. The number of piperidine rings is 2. The van der Waals surface area contributed by atoms with Gasteiger partial charge >= 0.3 is 0 Å². The summed E-state index contributed by atoms with van der Waals surface area (Å²) >= 11 is 0. The Hall–Kier alpha value is -2.47. The lowest BCUT2D eigenvalue weighted by atomic mass is 9.88. The highest BCUT2D eigenvalue weighted by Gasteiger charge is 2.42. The second-order valence-electron chi connectivity index (χ2n) is 10.2. The number of carbonyl (C=O) groups excluding carboxylic acids is 1. The van der Waals surface area contributed by atoms with Crippen LogP contribution in [-0.2, 0) is 4.79 Å². The number of benzene rings is 2. The molecule has 2 aromatic rings. The Morgan fingerprint density at radius 2 is 1.79 bits per heavy atom. The summed E-state index contributed by atoms with van der Waals surface area (Å²) in [6.45, 7) is 6.05. The van der Waals surface area contributed by atoms with Crippen molar-refractivity contribution in [3.63, 3.8) is 0 Å². The molecule has 1 unspecified atom stereocenters. The molecule has 0 radical (unpaired) electrons. The van der Waals surface area contributed by atoms with Gasteiger partial charge in [0.15, 0.2) is 0 Å². The van der Waals surface area contributed by atoms with Gasteiger partial charge in [0.25, 0.3) is 0 Å². The highest BCUT2D eigenvalue weighted by atomic mass is 19.1. The molecule has 4 nitrogen and oxygen atoms in total. The predicted octanol–water partition coefficient (Wildman–Crippen LogP) is 5.85. The number of carbonyl (C=O) groups is 1. The van der Waals surface area contributed by atoms with E-state index in [0.29, 0.717) is 18.4 Å². The van der Waals surface area contributed by atoms with Crippen LogP contribution in [0.5, 0.6) is 0 Å². The summed E-state index contributed by atoms with van der Waals surface area (Å²) in [6, 6.07) is 12.3. The second kappa shape index (κ2) is 10.0. The standard InChI is InChI=1S/C28H35F2N3O/c1-20(32-16-5-3-7-28(32)34)6-2-4-15-31-17-14-27-25(19-31)24-18-22(30)10-13-26(24)33(27)23-11-8-21(29)9-12-23/h8-13,18,20,25,27H,2-7,14-17,19H2,1H3/t20?,25-,27+/m0/s1. The minimum atomic E-state index is -0.243. The van der Waals surface area contributed by atoms with Crippen molar-refractivity contribution in [1.29, 1.82) is 0 Å². The van der Waals surface area contributed by atoms with E-state index in [9.17, 15) is 13.6 Å². The molecule has 3 heterocycles. The fourth-order valence-electron chi connectivity index (χ4n) is 6.20. The van der Waals surface area contributed by atoms with E-state index in [4.69, 9.17) is 0 Å². The predicted molar refractivity (Wildman–Crippen MR) is 131 cm³/mol. The maximum Gasteiger partial charge on any atom is 0.222 e. The number of likely N-dealkylation sites (tertiary alicyclic amines) is 2. The molecule has 2 aromatic carbocycles. The lowest BCUT2D eigenvalue weighted by Gasteiger charge is -2.39. The molecular formula is C28H35F2N3O. The Labute approximate surface area is 201 Å². The molecule has 3 atom stereocenters. The van der Waals surface area contributed by atoms with Crippen LogP contribution < -0.4 is 4.90 Å². The Bertz CT molecular complexity index is 1010. The Balaban J connectivity index is 1.20. The first-order valence-corrected chi connectivity index (χ1v) is 12.9. The average Bonchev–Trinajstić information content (AvgIpc) is 3.15. The van der Waals surface area contributed by atoms with Gasteiger partial charge in [-0.25, -0.2) is 8.78 Å². The third-order valence-corrected chi connectivity index (χ3v) is 7.98. The van der Waals surface area contributed by atoms with Crippen LogP contribution in [-0.4, -0.2) is 54.0 Å². The molecule has 0 aliphatic carbocycles.